The fraction of sp³-hybridized carbons (Fsp3) is 0.316. The second-order valence-corrected chi connectivity index (χ2v) is 7.49. The van der Waals surface area contributed by atoms with E-state index in [1.807, 2.05) is 68.4 Å². The molecular weight excluding hydrogens is 481 g/mol. The molecular formula is C19H25ClIN3OS. The van der Waals surface area contributed by atoms with E-state index in [4.69, 9.17) is 11.6 Å². The summed E-state index contributed by atoms with van der Waals surface area (Å²) in [5, 5.41) is 7.28. The van der Waals surface area contributed by atoms with Crippen LogP contribution in [0.2, 0.25) is 5.02 Å². The van der Waals surface area contributed by atoms with Crippen molar-refractivity contribution in [3.63, 3.8) is 0 Å². The third-order valence-electron chi connectivity index (χ3n) is 3.62. The number of aliphatic imine (C=N–C) groups is 1. The highest BCUT2D eigenvalue weighted by atomic mass is 127. The van der Waals surface area contributed by atoms with Gasteiger partial charge in [-0.3, -0.25) is 9.20 Å². The maximum Gasteiger partial charge on any atom is 0.191 e. The minimum absolute atomic E-state index is 0. The van der Waals surface area contributed by atoms with Gasteiger partial charge in [-0.15, -0.1) is 24.0 Å². The lowest BCUT2D eigenvalue weighted by Crippen LogP contribution is -2.39. The van der Waals surface area contributed by atoms with E-state index in [-0.39, 0.29) is 30.0 Å². The summed E-state index contributed by atoms with van der Waals surface area (Å²) >= 11 is 6.25. The van der Waals surface area contributed by atoms with Crippen molar-refractivity contribution in [3.8, 4) is 0 Å². The maximum absolute atomic E-state index is 12.3. The Morgan fingerprint density at radius 1 is 1.15 bits per heavy atom. The van der Waals surface area contributed by atoms with Crippen LogP contribution in [0.1, 0.15) is 25.5 Å². The average Bonchev–Trinajstić information content (AvgIpc) is 2.62. The molecule has 0 fully saturated rings. The van der Waals surface area contributed by atoms with Gasteiger partial charge in [0.15, 0.2) is 5.96 Å². The Kier molecular flexibility index (Phi) is 10.8. The van der Waals surface area contributed by atoms with Crippen LogP contribution >= 0.6 is 35.6 Å². The Hall–Kier alpha value is -1.12. The molecule has 0 radical (unpaired) electrons. The molecule has 0 heterocycles. The number of guanidine groups is 1. The zero-order valence-electron chi connectivity index (χ0n) is 14.9. The minimum atomic E-state index is -1.04. The quantitative estimate of drug-likeness (QED) is 0.334. The van der Waals surface area contributed by atoms with Crippen molar-refractivity contribution < 1.29 is 4.21 Å². The molecule has 26 heavy (non-hydrogen) atoms. The van der Waals surface area contributed by atoms with Crippen LogP contribution in [0, 0.1) is 0 Å². The van der Waals surface area contributed by atoms with E-state index in [0.717, 1.165) is 22.0 Å². The van der Waals surface area contributed by atoms with Gasteiger partial charge in [-0.25, -0.2) is 0 Å². The average molecular weight is 506 g/mol. The van der Waals surface area contributed by atoms with Gasteiger partial charge >= 0.3 is 0 Å². The number of nitrogens with one attached hydrogen (secondary N) is 2. The lowest BCUT2D eigenvalue weighted by Gasteiger charge is -2.19. The van der Waals surface area contributed by atoms with Crippen LogP contribution in [0.3, 0.4) is 0 Å². The van der Waals surface area contributed by atoms with Crippen molar-refractivity contribution in [2.45, 2.75) is 24.8 Å². The largest absolute Gasteiger partial charge is 0.357 e. The molecule has 0 saturated carbocycles. The van der Waals surface area contributed by atoms with Crippen molar-refractivity contribution in [2.75, 3.05) is 18.8 Å². The lowest BCUT2D eigenvalue weighted by molar-refractivity contribution is 0.680. The van der Waals surface area contributed by atoms with Crippen molar-refractivity contribution in [1.82, 2.24) is 10.6 Å². The van der Waals surface area contributed by atoms with Gasteiger partial charge in [-0.1, -0.05) is 48.0 Å². The zero-order chi connectivity index (χ0) is 18.1. The van der Waals surface area contributed by atoms with Gasteiger partial charge in [0.05, 0.1) is 23.4 Å². The summed E-state index contributed by atoms with van der Waals surface area (Å²) in [6.07, 6.45) is 0. The molecule has 7 heteroatoms. The van der Waals surface area contributed by atoms with E-state index in [9.17, 15) is 4.21 Å². The third kappa shape index (κ3) is 7.25. The second kappa shape index (κ2) is 12.3. The summed E-state index contributed by atoms with van der Waals surface area (Å²) in [5.74, 6) is 1.18. The molecule has 0 aliphatic heterocycles. The standard InChI is InChI=1S/C19H24ClN3OS.HI/c1-3-21-19(23-15(2)17-11-7-8-12-18(17)20)22-13-14-25(24)16-9-5-4-6-10-16;/h4-12,15H,3,13-14H2,1-2H3,(H2,21,22,23);1H. The first-order valence-electron chi connectivity index (χ1n) is 8.34. The molecule has 0 bridgehead atoms. The monoisotopic (exact) mass is 505 g/mol. The van der Waals surface area contributed by atoms with E-state index < -0.39 is 10.8 Å². The normalized spacial score (nSPS) is 13.4. The van der Waals surface area contributed by atoms with Crippen LogP contribution in [0.5, 0.6) is 0 Å². The van der Waals surface area contributed by atoms with Gasteiger partial charge in [-0.05, 0) is 37.6 Å². The van der Waals surface area contributed by atoms with Crippen LogP contribution in [0.4, 0.5) is 0 Å². The SMILES string of the molecule is CCNC(=NCCS(=O)c1ccccc1)NC(C)c1ccccc1Cl.I. The predicted octanol–water partition coefficient (Wildman–Crippen LogP) is 4.38. The number of hydrogen-bond acceptors (Lipinski definition) is 2. The van der Waals surface area contributed by atoms with E-state index in [1.54, 1.807) is 0 Å². The molecule has 0 aromatic heterocycles. The van der Waals surface area contributed by atoms with Gasteiger partial charge < -0.3 is 10.6 Å². The second-order valence-electron chi connectivity index (χ2n) is 5.51. The van der Waals surface area contributed by atoms with Gasteiger partial charge in [0, 0.05) is 22.2 Å². The maximum atomic E-state index is 12.3. The predicted molar refractivity (Wildman–Crippen MR) is 122 cm³/mol. The van der Waals surface area contributed by atoms with Crippen molar-refractivity contribution in [3.05, 3.63) is 65.2 Å². The first kappa shape index (κ1) is 22.9. The first-order chi connectivity index (χ1) is 12.1. The molecule has 0 saturated heterocycles. The van der Waals surface area contributed by atoms with Crippen molar-refractivity contribution >= 4 is 52.3 Å². The Morgan fingerprint density at radius 2 is 1.81 bits per heavy atom. The number of rotatable bonds is 7. The summed E-state index contributed by atoms with van der Waals surface area (Å²) in [5.41, 5.74) is 1.02. The van der Waals surface area contributed by atoms with E-state index >= 15 is 0 Å². The zero-order valence-corrected chi connectivity index (χ0v) is 18.8. The van der Waals surface area contributed by atoms with E-state index in [1.165, 1.54) is 0 Å². The van der Waals surface area contributed by atoms with Gasteiger partial charge in [0.1, 0.15) is 0 Å². The molecule has 2 unspecified atom stereocenters. The van der Waals surface area contributed by atoms with Crippen LogP contribution in [-0.4, -0.2) is 29.0 Å². The smallest absolute Gasteiger partial charge is 0.191 e. The molecule has 2 atom stereocenters. The number of halogens is 2. The molecule has 0 aliphatic carbocycles. The summed E-state index contributed by atoms with van der Waals surface area (Å²) < 4.78 is 12.3. The summed E-state index contributed by atoms with van der Waals surface area (Å²) in [6, 6.07) is 17.2. The van der Waals surface area contributed by atoms with Crippen LogP contribution in [0.25, 0.3) is 0 Å². The van der Waals surface area contributed by atoms with Crippen molar-refractivity contribution in [2.24, 2.45) is 4.99 Å². The molecule has 2 aromatic carbocycles. The summed E-state index contributed by atoms with van der Waals surface area (Å²) in [4.78, 5) is 5.37. The minimum Gasteiger partial charge on any atom is -0.357 e. The highest BCUT2D eigenvalue weighted by Gasteiger charge is 2.11. The Labute approximate surface area is 180 Å². The first-order valence-corrected chi connectivity index (χ1v) is 10.0. The van der Waals surface area contributed by atoms with Crippen LogP contribution < -0.4 is 10.6 Å². The van der Waals surface area contributed by atoms with Gasteiger partial charge in [0.2, 0.25) is 0 Å². The van der Waals surface area contributed by atoms with Gasteiger partial charge in [-0.2, -0.15) is 0 Å². The Bertz CT molecular complexity index is 728. The number of hydrogen-bond donors (Lipinski definition) is 2. The molecule has 0 spiro atoms. The molecule has 142 valence electrons. The third-order valence-corrected chi connectivity index (χ3v) is 5.32. The molecule has 2 aromatic rings. The fourth-order valence-electron chi connectivity index (χ4n) is 2.36. The number of benzene rings is 2. The van der Waals surface area contributed by atoms with Crippen molar-refractivity contribution in [1.29, 1.82) is 0 Å². The summed E-state index contributed by atoms with van der Waals surface area (Å²) in [7, 11) is -1.04. The molecule has 2 rings (SSSR count). The highest BCUT2D eigenvalue weighted by Crippen LogP contribution is 2.21. The molecule has 4 nitrogen and oxygen atoms in total. The Morgan fingerprint density at radius 3 is 2.46 bits per heavy atom. The van der Waals surface area contributed by atoms with Crippen LogP contribution in [0.15, 0.2) is 64.5 Å². The van der Waals surface area contributed by atoms with E-state index in [0.29, 0.717) is 18.3 Å². The highest BCUT2D eigenvalue weighted by molar-refractivity contribution is 14.0. The summed E-state index contributed by atoms with van der Waals surface area (Å²) in [6.45, 7) is 5.28. The van der Waals surface area contributed by atoms with Crippen LogP contribution in [-0.2, 0) is 10.8 Å². The molecule has 0 amide bonds. The van der Waals surface area contributed by atoms with Gasteiger partial charge in [0.25, 0.3) is 0 Å². The number of nitrogens with zero attached hydrogens (tertiary/aromatic N) is 1. The van der Waals surface area contributed by atoms with E-state index in [2.05, 4.69) is 15.6 Å². The topological polar surface area (TPSA) is 53.5 Å². The molecule has 2 N–H and O–H groups in total. The Balaban J connectivity index is 0.00000338. The lowest BCUT2D eigenvalue weighted by atomic mass is 10.1. The molecule has 0 aliphatic rings. The fourth-order valence-corrected chi connectivity index (χ4v) is 3.61.